The number of aliphatic hydroxyl groups excluding tert-OH is 1. The van der Waals surface area contributed by atoms with Gasteiger partial charge in [-0.1, -0.05) is 17.7 Å². The SMILES string of the molecule is N[C@H](c1ccc(F)cc1Cl)C(F)(F)CO. The van der Waals surface area contributed by atoms with Crippen molar-refractivity contribution in [3.05, 3.63) is 34.6 Å². The first-order valence-corrected chi connectivity index (χ1v) is 4.45. The molecule has 0 aliphatic heterocycles. The van der Waals surface area contributed by atoms with Crippen LogP contribution in [0.3, 0.4) is 0 Å². The topological polar surface area (TPSA) is 46.2 Å². The quantitative estimate of drug-likeness (QED) is 0.849. The van der Waals surface area contributed by atoms with Crippen molar-refractivity contribution in [2.45, 2.75) is 12.0 Å². The Kier molecular flexibility index (Phi) is 3.59. The Bertz CT molecular complexity index is 359. The fourth-order valence-electron chi connectivity index (χ4n) is 1.08. The average Bonchev–Trinajstić information content (AvgIpc) is 2.17. The van der Waals surface area contributed by atoms with Crippen LogP contribution in [0.15, 0.2) is 18.2 Å². The maximum Gasteiger partial charge on any atom is 0.289 e. The first-order chi connectivity index (χ1) is 6.88. The zero-order valence-electron chi connectivity index (χ0n) is 7.55. The summed E-state index contributed by atoms with van der Waals surface area (Å²) in [6, 6.07) is 1.19. The number of halogens is 4. The van der Waals surface area contributed by atoms with Gasteiger partial charge in [0, 0.05) is 5.02 Å². The van der Waals surface area contributed by atoms with E-state index >= 15 is 0 Å². The van der Waals surface area contributed by atoms with Crippen molar-refractivity contribution in [3.8, 4) is 0 Å². The van der Waals surface area contributed by atoms with Gasteiger partial charge >= 0.3 is 0 Å². The molecular weight excluding hydrogens is 231 g/mol. The molecule has 15 heavy (non-hydrogen) atoms. The fraction of sp³-hybridized carbons (Fsp3) is 0.333. The van der Waals surface area contributed by atoms with Gasteiger partial charge in [-0.15, -0.1) is 0 Å². The van der Waals surface area contributed by atoms with Crippen LogP contribution >= 0.6 is 11.6 Å². The number of hydrogen-bond acceptors (Lipinski definition) is 2. The van der Waals surface area contributed by atoms with E-state index in [0.29, 0.717) is 0 Å². The molecule has 1 aromatic rings. The Morgan fingerprint density at radius 1 is 1.47 bits per heavy atom. The molecule has 6 heteroatoms. The first-order valence-electron chi connectivity index (χ1n) is 4.07. The van der Waals surface area contributed by atoms with Crippen LogP contribution in [0.1, 0.15) is 11.6 Å². The van der Waals surface area contributed by atoms with E-state index in [1.165, 1.54) is 0 Å². The van der Waals surface area contributed by atoms with E-state index in [4.69, 9.17) is 22.4 Å². The molecule has 0 aliphatic rings. The van der Waals surface area contributed by atoms with Crippen LogP contribution in [0.5, 0.6) is 0 Å². The van der Waals surface area contributed by atoms with Crippen molar-refractivity contribution in [3.63, 3.8) is 0 Å². The zero-order valence-corrected chi connectivity index (χ0v) is 8.31. The lowest BCUT2D eigenvalue weighted by molar-refractivity contribution is -0.0711. The minimum Gasteiger partial charge on any atom is -0.390 e. The van der Waals surface area contributed by atoms with Crippen molar-refractivity contribution < 1.29 is 18.3 Å². The third kappa shape index (κ3) is 2.62. The summed E-state index contributed by atoms with van der Waals surface area (Å²) in [5, 5.41) is 8.24. The summed E-state index contributed by atoms with van der Waals surface area (Å²) in [4.78, 5) is 0. The van der Waals surface area contributed by atoms with E-state index in [-0.39, 0.29) is 10.6 Å². The van der Waals surface area contributed by atoms with Crippen LogP contribution in [0, 0.1) is 5.82 Å². The van der Waals surface area contributed by atoms with Gasteiger partial charge in [-0.25, -0.2) is 13.2 Å². The molecule has 84 valence electrons. The lowest BCUT2D eigenvalue weighted by Crippen LogP contribution is -2.36. The molecule has 0 saturated heterocycles. The fourth-order valence-corrected chi connectivity index (χ4v) is 1.36. The molecule has 1 rings (SSSR count). The number of alkyl halides is 2. The Labute approximate surface area is 89.5 Å². The molecule has 0 aliphatic carbocycles. The molecule has 0 unspecified atom stereocenters. The highest BCUT2D eigenvalue weighted by Gasteiger charge is 2.38. The summed E-state index contributed by atoms with van der Waals surface area (Å²) in [5.41, 5.74) is 5.12. The molecule has 0 spiro atoms. The van der Waals surface area contributed by atoms with Gasteiger partial charge in [0.25, 0.3) is 5.92 Å². The van der Waals surface area contributed by atoms with Gasteiger partial charge in [-0.2, -0.15) is 0 Å². The van der Waals surface area contributed by atoms with Gasteiger partial charge in [-0.3, -0.25) is 0 Å². The molecular formula is C9H9ClF3NO. The van der Waals surface area contributed by atoms with Gasteiger partial charge in [0.15, 0.2) is 0 Å². The third-order valence-electron chi connectivity index (χ3n) is 1.96. The second kappa shape index (κ2) is 4.38. The van der Waals surface area contributed by atoms with Gasteiger partial charge in [0.05, 0.1) is 6.04 Å². The molecule has 0 bridgehead atoms. The van der Waals surface area contributed by atoms with Crippen LogP contribution in [0.2, 0.25) is 5.02 Å². The Morgan fingerprint density at radius 3 is 2.53 bits per heavy atom. The summed E-state index contributed by atoms with van der Waals surface area (Å²) >= 11 is 5.55. The Morgan fingerprint density at radius 2 is 2.07 bits per heavy atom. The van der Waals surface area contributed by atoms with Crippen LogP contribution in [-0.2, 0) is 0 Å². The van der Waals surface area contributed by atoms with Gasteiger partial charge < -0.3 is 10.8 Å². The molecule has 1 atom stereocenters. The molecule has 0 amide bonds. The highest BCUT2D eigenvalue weighted by Crippen LogP contribution is 2.32. The van der Waals surface area contributed by atoms with E-state index in [9.17, 15) is 13.2 Å². The predicted molar refractivity (Wildman–Crippen MR) is 50.4 cm³/mol. The van der Waals surface area contributed by atoms with E-state index in [1.807, 2.05) is 0 Å². The summed E-state index contributed by atoms with van der Waals surface area (Å²) in [5.74, 6) is -4.12. The minimum atomic E-state index is -3.48. The Balaban J connectivity index is 3.06. The van der Waals surface area contributed by atoms with Gasteiger partial charge in [0.2, 0.25) is 0 Å². The summed E-state index contributed by atoms with van der Waals surface area (Å²) in [6.07, 6.45) is 0. The first kappa shape index (κ1) is 12.3. The summed E-state index contributed by atoms with van der Waals surface area (Å²) in [6.45, 7) is -1.39. The molecule has 0 fully saturated rings. The van der Waals surface area contributed by atoms with Crippen molar-refractivity contribution >= 4 is 11.6 Å². The highest BCUT2D eigenvalue weighted by atomic mass is 35.5. The van der Waals surface area contributed by atoms with Crippen LogP contribution in [0.25, 0.3) is 0 Å². The number of rotatable bonds is 3. The lowest BCUT2D eigenvalue weighted by atomic mass is 10.0. The van der Waals surface area contributed by atoms with Crippen molar-refractivity contribution in [2.24, 2.45) is 5.73 Å². The van der Waals surface area contributed by atoms with Crippen LogP contribution < -0.4 is 5.73 Å². The van der Waals surface area contributed by atoms with Gasteiger partial charge in [-0.05, 0) is 17.7 Å². The third-order valence-corrected chi connectivity index (χ3v) is 2.29. The van der Waals surface area contributed by atoms with Gasteiger partial charge in [0.1, 0.15) is 12.4 Å². The van der Waals surface area contributed by atoms with E-state index < -0.39 is 24.4 Å². The second-order valence-electron chi connectivity index (χ2n) is 3.06. The van der Waals surface area contributed by atoms with Crippen molar-refractivity contribution in [2.75, 3.05) is 6.61 Å². The molecule has 1 aromatic carbocycles. The zero-order chi connectivity index (χ0) is 11.6. The van der Waals surface area contributed by atoms with E-state index in [1.54, 1.807) is 0 Å². The smallest absolute Gasteiger partial charge is 0.289 e. The lowest BCUT2D eigenvalue weighted by Gasteiger charge is -2.22. The van der Waals surface area contributed by atoms with Crippen molar-refractivity contribution in [1.82, 2.24) is 0 Å². The van der Waals surface area contributed by atoms with E-state index in [0.717, 1.165) is 18.2 Å². The molecule has 0 heterocycles. The van der Waals surface area contributed by atoms with Crippen molar-refractivity contribution in [1.29, 1.82) is 0 Å². The summed E-state index contributed by atoms with van der Waals surface area (Å²) < 4.78 is 38.6. The second-order valence-corrected chi connectivity index (χ2v) is 3.47. The normalized spacial score (nSPS) is 14.0. The molecule has 0 radical (unpaired) electrons. The monoisotopic (exact) mass is 239 g/mol. The molecule has 0 aromatic heterocycles. The largest absolute Gasteiger partial charge is 0.390 e. The van der Waals surface area contributed by atoms with E-state index in [2.05, 4.69) is 0 Å². The van der Waals surface area contributed by atoms with Crippen LogP contribution in [-0.4, -0.2) is 17.6 Å². The maximum absolute atomic E-state index is 13.0. The predicted octanol–water partition coefficient (Wildman–Crippen LogP) is 2.11. The minimum absolute atomic E-state index is 0.0999. The maximum atomic E-state index is 13.0. The molecule has 2 nitrogen and oxygen atoms in total. The Hall–Kier alpha value is -0.780. The standard InChI is InChI=1S/C9H9ClF3NO/c10-7-3-5(11)1-2-6(7)8(14)9(12,13)4-15/h1-3,8,15H,4,14H2/t8-/m1/s1. The molecule has 0 saturated carbocycles. The number of benzene rings is 1. The number of nitrogens with two attached hydrogens (primary N) is 1. The number of aliphatic hydroxyl groups is 1. The average molecular weight is 240 g/mol. The number of hydrogen-bond donors (Lipinski definition) is 2. The van der Waals surface area contributed by atoms with Crippen LogP contribution in [0.4, 0.5) is 13.2 Å². The highest BCUT2D eigenvalue weighted by molar-refractivity contribution is 6.31. The molecule has 3 N–H and O–H groups in total. The summed E-state index contributed by atoms with van der Waals surface area (Å²) in [7, 11) is 0.